The second kappa shape index (κ2) is 8.05. The van der Waals surface area contributed by atoms with Gasteiger partial charge in [-0.3, -0.25) is 14.9 Å². The first kappa shape index (κ1) is 21.5. The SMILES string of the molecule is CC(C)(C)OC(=O)N1CCN(C(=O)c2ccc([N+](=O)[O-])c(F)c2F)[C@H](CO)C1. The number of aliphatic hydroxyl groups is 1. The fourth-order valence-electron chi connectivity index (χ4n) is 2.77. The summed E-state index contributed by atoms with van der Waals surface area (Å²) in [5.41, 5.74) is -2.49. The van der Waals surface area contributed by atoms with Gasteiger partial charge < -0.3 is 19.6 Å². The van der Waals surface area contributed by atoms with Crippen LogP contribution in [-0.2, 0) is 4.74 Å². The molecule has 1 N–H and O–H groups in total. The Morgan fingerprint density at radius 3 is 2.46 bits per heavy atom. The molecular weight excluding hydrogens is 380 g/mol. The molecular formula is C17H21F2N3O6. The van der Waals surface area contributed by atoms with Gasteiger partial charge in [-0.25, -0.2) is 9.18 Å². The van der Waals surface area contributed by atoms with Gasteiger partial charge in [0.25, 0.3) is 5.91 Å². The second-order valence-electron chi connectivity index (χ2n) is 7.28. The number of piperazine rings is 1. The van der Waals surface area contributed by atoms with Gasteiger partial charge in [-0.05, 0) is 26.8 Å². The van der Waals surface area contributed by atoms with Crippen molar-refractivity contribution in [1.29, 1.82) is 0 Å². The van der Waals surface area contributed by atoms with Gasteiger partial charge in [0.15, 0.2) is 5.82 Å². The molecule has 0 spiro atoms. The first-order chi connectivity index (χ1) is 13.0. The monoisotopic (exact) mass is 401 g/mol. The number of halogens is 2. The third-order valence-corrected chi connectivity index (χ3v) is 4.10. The van der Waals surface area contributed by atoms with E-state index in [1.165, 1.54) is 4.90 Å². The van der Waals surface area contributed by atoms with Crippen LogP contribution in [0.5, 0.6) is 0 Å². The summed E-state index contributed by atoms with van der Waals surface area (Å²) in [5, 5.41) is 20.3. The van der Waals surface area contributed by atoms with Crippen molar-refractivity contribution in [3.8, 4) is 0 Å². The highest BCUT2D eigenvalue weighted by atomic mass is 19.2. The molecule has 0 aliphatic carbocycles. The van der Waals surface area contributed by atoms with Crippen LogP contribution in [0.25, 0.3) is 0 Å². The van der Waals surface area contributed by atoms with E-state index in [1.807, 2.05) is 0 Å². The smallest absolute Gasteiger partial charge is 0.410 e. The van der Waals surface area contributed by atoms with Crippen LogP contribution in [0.15, 0.2) is 12.1 Å². The van der Waals surface area contributed by atoms with E-state index in [4.69, 9.17) is 4.74 Å². The number of hydrogen-bond donors (Lipinski definition) is 1. The molecule has 0 unspecified atom stereocenters. The Bertz CT molecular complexity index is 796. The average Bonchev–Trinajstić information content (AvgIpc) is 2.61. The number of aliphatic hydroxyl groups excluding tert-OH is 1. The Hall–Kier alpha value is -2.82. The number of hydrogen-bond acceptors (Lipinski definition) is 6. The van der Waals surface area contributed by atoms with Crippen LogP contribution in [0.4, 0.5) is 19.3 Å². The maximum absolute atomic E-state index is 14.2. The minimum Gasteiger partial charge on any atom is -0.444 e. The van der Waals surface area contributed by atoms with Crippen LogP contribution in [0.3, 0.4) is 0 Å². The van der Waals surface area contributed by atoms with Gasteiger partial charge in [0.2, 0.25) is 5.82 Å². The van der Waals surface area contributed by atoms with Crippen LogP contribution < -0.4 is 0 Å². The molecule has 9 nitrogen and oxygen atoms in total. The molecule has 154 valence electrons. The summed E-state index contributed by atoms with van der Waals surface area (Å²) in [7, 11) is 0. The van der Waals surface area contributed by atoms with Crippen molar-refractivity contribution < 1.29 is 33.1 Å². The summed E-state index contributed by atoms with van der Waals surface area (Å²) >= 11 is 0. The first-order valence-electron chi connectivity index (χ1n) is 8.48. The van der Waals surface area contributed by atoms with Gasteiger partial charge in [0.05, 0.1) is 23.1 Å². The third kappa shape index (κ3) is 4.53. The number of ether oxygens (including phenoxy) is 1. The number of nitro groups is 1. The van der Waals surface area contributed by atoms with Crippen LogP contribution in [0, 0.1) is 21.7 Å². The minimum atomic E-state index is -1.73. The molecule has 0 radical (unpaired) electrons. The van der Waals surface area contributed by atoms with Crippen LogP contribution in [-0.4, -0.2) is 69.7 Å². The van der Waals surface area contributed by atoms with E-state index in [9.17, 15) is 33.6 Å². The Balaban J connectivity index is 2.20. The van der Waals surface area contributed by atoms with Crippen molar-refractivity contribution in [3.63, 3.8) is 0 Å². The van der Waals surface area contributed by atoms with E-state index >= 15 is 0 Å². The zero-order valence-corrected chi connectivity index (χ0v) is 15.6. The number of carbonyl (C=O) groups is 2. The molecule has 1 atom stereocenters. The average molecular weight is 401 g/mol. The normalized spacial score (nSPS) is 17.4. The molecule has 1 aliphatic rings. The predicted octanol–water partition coefficient (Wildman–Crippen LogP) is 1.93. The lowest BCUT2D eigenvalue weighted by molar-refractivity contribution is -0.387. The standard InChI is InChI=1S/C17H21F2N3O6/c1-17(2,3)28-16(25)20-6-7-21(10(8-20)9-23)15(24)11-4-5-12(22(26)27)14(19)13(11)18/h4-5,10,23H,6-9H2,1-3H3/t10-/m0/s1. The maximum atomic E-state index is 14.2. The lowest BCUT2D eigenvalue weighted by Crippen LogP contribution is -2.58. The van der Waals surface area contributed by atoms with E-state index in [-0.39, 0.29) is 19.6 Å². The van der Waals surface area contributed by atoms with Gasteiger partial charge in [0, 0.05) is 25.7 Å². The highest BCUT2D eigenvalue weighted by Crippen LogP contribution is 2.25. The van der Waals surface area contributed by atoms with Crippen molar-refractivity contribution >= 4 is 17.7 Å². The molecule has 2 amide bonds. The fraction of sp³-hybridized carbons (Fsp3) is 0.529. The second-order valence-corrected chi connectivity index (χ2v) is 7.28. The number of amides is 2. The Labute approximate surface area is 159 Å². The molecule has 0 bridgehead atoms. The number of nitro benzene ring substituents is 1. The van der Waals surface area contributed by atoms with Gasteiger partial charge in [0.1, 0.15) is 5.60 Å². The summed E-state index contributed by atoms with van der Waals surface area (Å²) in [6.07, 6.45) is -0.620. The molecule has 1 heterocycles. The van der Waals surface area contributed by atoms with Crippen molar-refractivity contribution in [1.82, 2.24) is 9.80 Å². The number of benzene rings is 1. The van der Waals surface area contributed by atoms with E-state index in [1.54, 1.807) is 20.8 Å². The molecule has 28 heavy (non-hydrogen) atoms. The van der Waals surface area contributed by atoms with Gasteiger partial charge in [-0.15, -0.1) is 0 Å². The lowest BCUT2D eigenvalue weighted by Gasteiger charge is -2.40. The molecule has 0 aromatic heterocycles. The third-order valence-electron chi connectivity index (χ3n) is 4.10. The quantitative estimate of drug-likeness (QED) is 0.612. The van der Waals surface area contributed by atoms with Crippen molar-refractivity contribution in [2.45, 2.75) is 32.4 Å². The fourth-order valence-corrected chi connectivity index (χ4v) is 2.77. The Morgan fingerprint density at radius 1 is 1.29 bits per heavy atom. The predicted molar refractivity (Wildman–Crippen MR) is 92.7 cm³/mol. The highest BCUT2D eigenvalue weighted by Gasteiger charge is 2.36. The van der Waals surface area contributed by atoms with E-state index < -0.39 is 58.1 Å². The molecule has 1 aromatic carbocycles. The summed E-state index contributed by atoms with van der Waals surface area (Å²) in [4.78, 5) is 36.8. The lowest BCUT2D eigenvalue weighted by atomic mass is 10.1. The molecule has 2 rings (SSSR count). The number of nitrogens with zero attached hydrogens (tertiary/aromatic N) is 3. The van der Waals surface area contributed by atoms with Crippen LogP contribution in [0.1, 0.15) is 31.1 Å². The van der Waals surface area contributed by atoms with Crippen LogP contribution >= 0.6 is 0 Å². The molecule has 1 aromatic rings. The summed E-state index contributed by atoms with van der Waals surface area (Å²) in [6, 6.07) is 0.663. The van der Waals surface area contributed by atoms with Gasteiger partial charge >= 0.3 is 11.8 Å². The molecule has 1 saturated heterocycles. The van der Waals surface area contributed by atoms with Gasteiger partial charge in [-0.1, -0.05) is 0 Å². The van der Waals surface area contributed by atoms with E-state index in [0.29, 0.717) is 6.07 Å². The van der Waals surface area contributed by atoms with E-state index in [0.717, 1.165) is 11.0 Å². The summed E-state index contributed by atoms with van der Waals surface area (Å²) < 4.78 is 33.3. The first-order valence-corrected chi connectivity index (χ1v) is 8.48. The van der Waals surface area contributed by atoms with E-state index in [2.05, 4.69) is 0 Å². The maximum Gasteiger partial charge on any atom is 0.410 e. The van der Waals surface area contributed by atoms with Gasteiger partial charge in [-0.2, -0.15) is 4.39 Å². The summed E-state index contributed by atoms with van der Waals surface area (Å²) in [5.74, 6) is -4.30. The largest absolute Gasteiger partial charge is 0.444 e. The molecule has 1 aliphatic heterocycles. The molecule has 0 saturated carbocycles. The number of rotatable bonds is 3. The topological polar surface area (TPSA) is 113 Å². The summed E-state index contributed by atoms with van der Waals surface area (Å²) in [6.45, 7) is 4.51. The molecule has 11 heteroatoms. The van der Waals surface area contributed by atoms with Crippen molar-refractivity contribution in [2.75, 3.05) is 26.2 Å². The minimum absolute atomic E-state index is 0.0542. The zero-order valence-electron chi connectivity index (χ0n) is 15.6. The Morgan fingerprint density at radius 2 is 1.93 bits per heavy atom. The molecule has 1 fully saturated rings. The van der Waals surface area contributed by atoms with Crippen LogP contribution in [0.2, 0.25) is 0 Å². The number of carbonyl (C=O) groups excluding carboxylic acids is 2. The van der Waals surface area contributed by atoms with Crippen molar-refractivity contribution in [2.24, 2.45) is 0 Å². The zero-order chi connectivity index (χ0) is 21.2. The highest BCUT2D eigenvalue weighted by molar-refractivity contribution is 5.95. The Kier molecular flexibility index (Phi) is 6.17. The van der Waals surface area contributed by atoms with Crippen molar-refractivity contribution in [3.05, 3.63) is 39.4 Å².